The Morgan fingerprint density at radius 3 is 1.88 bits per heavy atom. The third-order valence-corrected chi connectivity index (χ3v) is 3.60. The SMILES string of the molecule is CCN(CC)c1cccc([Si])c1N(CC)CC. The first-order valence-electron chi connectivity index (χ1n) is 6.53. The van der Waals surface area contributed by atoms with Gasteiger partial charge in [-0.25, -0.2) is 0 Å². The van der Waals surface area contributed by atoms with Crippen LogP contribution in [-0.2, 0) is 0 Å². The summed E-state index contributed by atoms with van der Waals surface area (Å²) >= 11 is 0. The molecule has 0 saturated carbocycles. The molecule has 0 saturated heterocycles. The van der Waals surface area contributed by atoms with Gasteiger partial charge in [-0.2, -0.15) is 0 Å². The highest BCUT2D eigenvalue weighted by molar-refractivity contribution is 6.36. The van der Waals surface area contributed by atoms with E-state index in [1.54, 1.807) is 0 Å². The second-order valence-corrected chi connectivity index (χ2v) is 4.56. The van der Waals surface area contributed by atoms with Gasteiger partial charge in [-0.05, 0) is 38.9 Å². The predicted octanol–water partition coefficient (Wildman–Crippen LogP) is 2.17. The number of anilines is 2. The molecule has 93 valence electrons. The molecule has 0 aliphatic carbocycles. The molecule has 0 spiro atoms. The van der Waals surface area contributed by atoms with Gasteiger partial charge >= 0.3 is 0 Å². The first-order valence-corrected chi connectivity index (χ1v) is 7.03. The summed E-state index contributed by atoms with van der Waals surface area (Å²) in [6.07, 6.45) is 0. The molecule has 1 aromatic rings. The fourth-order valence-electron chi connectivity index (χ4n) is 2.22. The molecule has 0 bridgehead atoms. The van der Waals surface area contributed by atoms with Crippen molar-refractivity contribution in [3.05, 3.63) is 18.2 Å². The highest BCUT2D eigenvalue weighted by atomic mass is 28.1. The van der Waals surface area contributed by atoms with Gasteiger partial charge in [0.15, 0.2) is 0 Å². The van der Waals surface area contributed by atoms with Gasteiger partial charge < -0.3 is 9.80 Å². The molecule has 3 radical (unpaired) electrons. The molecule has 0 atom stereocenters. The van der Waals surface area contributed by atoms with E-state index in [0.29, 0.717) is 0 Å². The first-order chi connectivity index (χ1) is 8.19. The van der Waals surface area contributed by atoms with E-state index in [4.69, 9.17) is 0 Å². The van der Waals surface area contributed by atoms with E-state index in [1.807, 2.05) is 0 Å². The Morgan fingerprint density at radius 1 is 0.882 bits per heavy atom. The monoisotopic (exact) mass is 247 g/mol. The van der Waals surface area contributed by atoms with Crippen molar-refractivity contribution in [2.45, 2.75) is 27.7 Å². The summed E-state index contributed by atoms with van der Waals surface area (Å²) < 4.78 is 0. The van der Waals surface area contributed by atoms with Crippen molar-refractivity contribution in [3.63, 3.8) is 0 Å². The van der Waals surface area contributed by atoms with Gasteiger partial charge in [-0.15, -0.1) is 0 Å². The minimum Gasteiger partial charge on any atom is -0.371 e. The van der Waals surface area contributed by atoms with Crippen LogP contribution in [0.15, 0.2) is 18.2 Å². The molecule has 0 N–H and O–H groups in total. The smallest absolute Gasteiger partial charge is 0.0742 e. The summed E-state index contributed by atoms with van der Waals surface area (Å²) in [5.41, 5.74) is 2.64. The van der Waals surface area contributed by atoms with Crippen LogP contribution < -0.4 is 15.0 Å². The van der Waals surface area contributed by atoms with Crippen molar-refractivity contribution in [2.75, 3.05) is 36.0 Å². The second-order valence-electron chi connectivity index (χ2n) is 4.02. The van der Waals surface area contributed by atoms with Crippen LogP contribution in [0.3, 0.4) is 0 Å². The zero-order chi connectivity index (χ0) is 12.8. The summed E-state index contributed by atoms with van der Waals surface area (Å²) in [4.78, 5) is 4.80. The van der Waals surface area contributed by atoms with Crippen molar-refractivity contribution in [2.24, 2.45) is 0 Å². The van der Waals surface area contributed by atoms with Crippen molar-refractivity contribution in [1.82, 2.24) is 0 Å². The number of rotatable bonds is 6. The Balaban J connectivity index is 3.24. The van der Waals surface area contributed by atoms with Crippen LogP contribution in [0, 0.1) is 0 Å². The van der Waals surface area contributed by atoms with Crippen molar-refractivity contribution >= 4 is 26.8 Å². The Kier molecular flexibility index (Phi) is 5.55. The fourth-order valence-corrected chi connectivity index (χ4v) is 2.61. The lowest BCUT2D eigenvalue weighted by molar-refractivity contribution is 0.835. The molecular weight excluding hydrogens is 224 g/mol. The standard InChI is InChI=1S/C14H23N2Si/c1-5-15(6-2)12-10-9-11-13(17)14(12)16(7-3)8-4/h9-11H,5-8H2,1-4H3. The zero-order valence-electron chi connectivity index (χ0n) is 11.5. The summed E-state index contributed by atoms with van der Waals surface area (Å²) in [5, 5.41) is 1.18. The largest absolute Gasteiger partial charge is 0.371 e. The van der Waals surface area contributed by atoms with Crippen LogP contribution >= 0.6 is 0 Å². The molecule has 0 heterocycles. The normalized spacial score (nSPS) is 10.4. The molecule has 0 unspecified atom stereocenters. The second kappa shape index (κ2) is 6.69. The molecule has 3 heteroatoms. The third kappa shape index (κ3) is 3.03. The molecule has 0 aliphatic heterocycles. The van der Waals surface area contributed by atoms with E-state index in [1.165, 1.54) is 16.6 Å². The van der Waals surface area contributed by atoms with Crippen molar-refractivity contribution < 1.29 is 0 Å². The minimum absolute atomic E-state index is 1.03. The third-order valence-electron chi connectivity index (χ3n) is 3.20. The Hall–Kier alpha value is -0.963. The summed E-state index contributed by atoms with van der Waals surface area (Å²) in [6.45, 7) is 13.0. The lowest BCUT2D eigenvalue weighted by Crippen LogP contribution is -2.32. The Labute approximate surface area is 109 Å². The summed E-state index contributed by atoms with van der Waals surface area (Å²) in [7, 11) is 3.74. The molecule has 1 aromatic carbocycles. The minimum atomic E-state index is 1.03. The molecule has 17 heavy (non-hydrogen) atoms. The van der Waals surface area contributed by atoms with E-state index in [0.717, 1.165) is 26.2 Å². The summed E-state index contributed by atoms with van der Waals surface area (Å²) in [5.74, 6) is 0. The Bertz CT molecular complexity index is 344. The number of para-hydroxylation sites is 1. The first kappa shape index (κ1) is 14.1. The number of benzene rings is 1. The molecule has 0 aromatic heterocycles. The highest BCUT2D eigenvalue weighted by Gasteiger charge is 2.14. The van der Waals surface area contributed by atoms with Gasteiger partial charge in [-0.1, -0.05) is 12.1 Å². The molecule has 0 fully saturated rings. The highest BCUT2D eigenvalue weighted by Crippen LogP contribution is 2.26. The van der Waals surface area contributed by atoms with Crippen LogP contribution in [-0.4, -0.2) is 36.4 Å². The average molecular weight is 247 g/mol. The van der Waals surface area contributed by atoms with Crippen LogP contribution in [0.1, 0.15) is 27.7 Å². The summed E-state index contributed by atoms with van der Waals surface area (Å²) in [6, 6.07) is 6.45. The van der Waals surface area contributed by atoms with Crippen LogP contribution in [0.5, 0.6) is 0 Å². The number of hydrogen-bond acceptors (Lipinski definition) is 2. The maximum atomic E-state index is 3.74. The van der Waals surface area contributed by atoms with Crippen LogP contribution in [0.2, 0.25) is 0 Å². The van der Waals surface area contributed by atoms with E-state index in [-0.39, 0.29) is 0 Å². The average Bonchev–Trinajstić information content (AvgIpc) is 2.35. The predicted molar refractivity (Wildman–Crippen MR) is 79.0 cm³/mol. The number of nitrogens with zero attached hydrogens (tertiary/aromatic N) is 2. The van der Waals surface area contributed by atoms with E-state index >= 15 is 0 Å². The zero-order valence-corrected chi connectivity index (χ0v) is 12.5. The van der Waals surface area contributed by atoms with E-state index in [2.05, 4.69) is 65.9 Å². The van der Waals surface area contributed by atoms with E-state index in [9.17, 15) is 0 Å². The quantitative estimate of drug-likeness (QED) is 0.711. The maximum Gasteiger partial charge on any atom is 0.0742 e. The molecule has 0 amide bonds. The van der Waals surface area contributed by atoms with Crippen LogP contribution in [0.25, 0.3) is 0 Å². The van der Waals surface area contributed by atoms with Crippen molar-refractivity contribution in [3.8, 4) is 0 Å². The molecule has 1 rings (SSSR count). The lowest BCUT2D eigenvalue weighted by atomic mass is 10.2. The fraction of sp³-hybridized carbons (Fsp3) is 0.571. The Morgan fingerprint density at radius 2 is 1.41 bits per heavy atom. The topological polar surface area (TPSA) is 6.48 Å². The maximum absolute atomic E-state index is 3.74. The van der Waals surface area contributed by atoms with Crippen LogP contribution in [0.4, 0.5) is 11.4 Å². The van der Waals surface area contributed by atoms with Gasteiger partial charge in [-0.3, -0.25) is 0 Å². The van der Waals surface area contributed by atoms with E-state index < -0.39 is 0 Å². The van der Waals surface area contributed by atoms with Gasteiger partial charge in [0.25, 0.3) is 0 Å². The van der Waals surface area contributed by atoms with Gasteiger partial charge in [0, 0.05) is 26.2 Å². The molecular formula is C14H23N2Si. The van der Waals surface area contributed by atoms with Gasteiger partial charge in [0.2, 0.25) is 0 Å². The van der Waals surface area contributed by atoms with Gasteiger partial charge in [0.1, 0.15) is 0 Å². The molecule has 2 nitrogen and oxygen atoms in total. The molecule has 0 aliphatic rings. The van der Waals surface area contributed by atoms with Crippen molar-refractivity contribution in [1.29, 1.82) is 0 Å². The lowest BCUT2D eigenvalue weighted by Gasteiger charge is -2.31. The van der Waals surface area contributed by atoms with Gasteiger partial charge in [0.05, 0.1) is 21.6 Å². The number of hydrogen-bond donors (Lipinski definition) is 0.